The van der Waals surface area contributed by atoms with Crippen molar-refractivity contribution in [2.75, 3.05) is 0 Å². The summed E-state index contributed by atoms with van der Waals surface area (Å²) in [6.07, 6.45) is -3.78. The van der Waals surface area contributed by atoms with Crippen molar-refractivity contribution in [3.63, 3.8) is 0 Å². The highest BCUT2D eigenvalue weighted by molar-refractivity contribution is 6.32. The Kier molecular flexibility index (Phi) is 4.83. The molecule has 0 saturated heterocycles. The number of aromatic nitrogens is 3. The monoisotopic (exact) mass is 403 g/mol. The van der Waals surface area contributed by atoms with Crippen LogP contribution in [-0.2, 0) is 4.74 Å². The van der Waals surface area contributed by atoms with E-state index in [1.807, 2.05) is 0 Å². The SMILES string of the molecule is CC(C)(C)OC(=O)c1ccc(-n2ccc(O[C@H]3C[C@@H]3C(F)(F)F)n2)nc1Cl. The number of ether oxygens (including phenoxy) is 2. The van der Waals surface area contributed by atoms with E-state index < -0.39 is 29.8 Å². The smallest absolute Gasteiger partial charge is 0.395 e. The molecule has 10 heteroatoms. The van der Waals surface area contributed by atoms with Gasteiger partial charge in [-0.15, -0.1) is 5.10 Å². The van der Waals surface area contributed by atoms with E-state index in [0.29, 0.717) is 0 Å². The maximum atomic E-state index is 12.5. The van der Waals surface area contributed by atoms with Crippen LogP contribution in [0, 0.1) is 5.92 Å². The predicted octanol–water partition coefficient (Wildman–Crippen LogP) is 4.21. The zero-order valence-corrected chi connectivity index (χ0v) is 15.5. The van der Waals surface area contributed by atoms with Crippen molar-refractivity contribution in [1.29, 1.82) is 0 Å². The zero-order valence-electron chi connectivity index (χ0n) is 14.7. The molecule has 1 aliphatic carbocycles. The van der Waals surface area contributed by atoms with Crippen LogP contribution in [0.2, 0.25) is 5.15 Å². The van der Waals surface area contributed by atoms with E-state index in [4.69, 9.17) is 21.1 Å². The first kappa shape index (κ1) is 19.5. The summed E-state index contributed by atoms with van der Waals surface area (Å²) >= 11 is 6.06. The summed E-state index contributed by atoms with van der Waals surface area (Å²) in [4.78, 5) is 16.2. The second-order valence-corrected chi connectivity index (χ2v) is 7.51. The Morgan fingerprint density at radius 2 is 1.96 bits per heavy atom. The summed E-state index contributed by atoms with van der Waals surface area (Å²) in [6.45, 7) is 5.19. The van der Waals surface area contributed by atoms with E-state index in [1.165, 1.54) is 29.1 Å². The van der Waals surface area contributed by atoms with Gasteiger partial charge in [0, 0.05) is 12.3 Å². The van der Waals surface area contributed by atoms with Gasteiger partial charge in [0.25, 0.3) is 0 Å². The van der Waals surface area contributed by atoms with E-state index in [1.54, 1.807) is 20.8 Å². The lowest BCUT2D eigenvalue weighted by Crippen LogP contribution is -2.24. The lowest BCUT2D eigenvalue weighted by molar-refractivity contribution is -0.153. The lowest BCUT2D eigenvalue weighted by atomic mass is 10.2. The summed E-state index contributed by atoms with van der Waals surface area (Å²) in [6, 6.07) is 4.38. The predicted molar refractivity (Wildman–Crippen MR) is 90.1 cm³/mol. The first-order valence-electron chi connectivity index (χ1n) is 8.13. The number of carbonyl (C=O) groups excluding carboxylic acids is 1. The van der Waals surface area contributed by atoms with Crippen LogP contribution in [0.25, 0.3) is 5.82 Å². The fraction of sp³-hybridized carbons (Fsp3) is 0.471. The van der Waals surface area contributed by atoms with E-state index in [-0.39, 0.29) is 28.8 Å². The van der Waals surface area contributed by atoms with Crippen LogP contribution in [0.3, 0.4) is 0 Å². The first-order valence-corrected chi connectivity index (χ1v) is 8.51. The van der Waals surface area contributed by atoms with Crippen molar-refractivity contribution < 1.29 is 27.4 Å². The molecule has 0 unspecified atom stereocenters. The van der Waals surface area contributed by atoms with Gasteiger partial charge in [0.1, 0.15) is 16.9 Å². The fourth-order valence-corrected chi connectivity index (χ4v) is 2.56. The molecule has 2 aromatic rings. The Hall–Kier alpha value is -2.29. The van der Waals surface area contributed by atoms with Gasteiger partial charge in [-0.2, -0.15) is 13.2 Å². The Balaban J connectivity index is 1.70. The molecule has 1 aliphatic rings. The number of hydrogen-bond acceptors (Lipinski definition) is 5. The summed E-state index contributed by atoms with van der Waals surface area (Å²) in [5.74, 6) is -1.72. The summed E-state index contributed by atoms with van der Waals surface area (Å²) in [5.41, 5.74) is -0.574. The highest BCUT2D eigenvalue weighted by Crippen LogP contribution is 2.46. The normalized spacial score (nSPS) is 19.7. The highest BCUT2D eigenvalue weighted by atomic mass is 35.5. The number of halogens is 4. The third-order valence-corrected chi connectivity index (χ3v) is 3.96. The zero-order chi connectivity index (χ0) is 20.0. The standard InChI is InChI=1S/C17H17ClF3N3O3/c1-16(2,3)27-15(25)9-4-5-12(22-14(9)18)24-7-6-13(23-24)26-11-8-10(11)17(19,20)21/h4-7,10-11H,8H2,1-3H3/t10-,11-/m0/s1. The summed E-state index contributed by atoms with van der Waals surface area (Å²) in [5, 5.41) is 3.97. The van der Waals surface area contributed by atoms with E-state index in [0.717, 1.165) is 0 Å². The molecule has 2 aromatic heterocycles. The number of alkyl halides is 3. The molecule has 0 aliphatic heterocycles. The fourth-order valence-electron chi connectivity index (χ4n) is 2.34. The minimum absolute atomic E-state index is 0.0564. The Bertz CT molecular complexity index is 861. The average molecular weight is 404 g/mol. The maximum absolute atomic E-state index is 12.5. The second-order valence-electron chi connectivity index (χ2n) is 7.15. The number of hydrogen-bond donors (Lipinski definition) is 0. The molecule has 146 valence electrons. The molecule has 2 atom stereocenters. The number of rotatable bonds is 4. The number of nitrogens with zero attached hydrogens (tertiary/aromatic N) is 3. The van der Waals surface area contributed by atoms with Gasteiger partial charge in [0.2, 0.25) is 5.88 Å². The average Bonchev–Trinajstić information content (AvgIpc) is 3.13. The minimum atomic E-state index is -4.26. The van der Waals surface area contributed by atoms with Gasteiger partial charge in [-0.25, -0.2) is 14.5 Å². The molecule has 6 nitrogen and oxygen atoms in total. The van der Waals surface area contributed by atoms with Gasteiger partial charge in [-0.3, -0.25) is 0 Å². The van der Waals surface area contributed by atoms with Crippen LogP contribution in [0.5, 0.6) is 5.88 Å². The summed E-state index contributed by atoms with van der Waals surface area (Å²) in [7, 11) is 0. The molecule has 2 heterocycles. The Morgan fingerprint density at radius 3 is 2.52 bits per heavy atom. The molecule has 0 N–H and O–H groups in total. The highest BCUT2D eigenvalue weighted by Gasteiger charge is 2.57. The van der Waals surface area contributed by atoms with Crippen molar-refractivity contribution >= 4 is 17.6 Å². The first-order chi connectivity index (χ1) is 12.4. The molecule has 1 saturated carbocycles. The molecule has 0 radical (unpaired) electrons. The minimum Gasteiger partial charge on any atom is -0.473 e. The summed E-state index contributed by atoms with van der Waals surface area (Å²) < 4.78 is 49.4. The van der Waals surface area contributed by atoms with Gasteiger partial charge in [-0.1, -0.05) is 11.6 Å². The van der Waals surface area contributed by atoms with Crippen molar-refractivity contribution in [3.8, 4) is 11.7 Å². The van der Waals surface area contributed by atoms with Gasteiger partial charge in [0.15, 0.2) is 5.82 Å². The Labute approximate surface area is 158 Å². The third-order valence-electron chi connectivity index (χ3n) is 3.68. The molecular formula is C17H17ClF3N3O3. The van der Waals surface area contributed by atoms with Crippen molar-refractivity contribution in [3.05, 3.63) is 35.1 Å². The van der Waals surface area contributed by atoms with Crippen LogP contribution in [0.1, 0.15) is 37.6 Å². The van der Waals surface area contributed by atoms with Crippen LogP contribution in [0.4, 0.5) is 13.2 Å². The molecule has 0 spiro atoms. The van der Waals surface area contributed by atoms with Gasteiger partial charge < -0.3 is 9.47 Å². The lowest BCUT2D eigenvalue weighted by Gasteiger charge is -2.19. The third kappa shape index (κ3) is 4.71. The number of pyridine rings is 1. The number of esters is 1. The van der Waals surface area contributed by atoms with Crippen LogP contribution in [0.15, 0.2) is 24.4 Å². The van der Waals surface area contributed by atoms with E-state index >= 15 is 0 Å². The molecule has 0 aromatic carbocycles. The van der Waals surface area contributed by atoms with Crippen molar-refractivity contribution in [2.24, 2.45) is 5.92 Å². The topological polar surface area (TPSA) is 66.2 Å². The van der Waals surface area contributed by atoms with Crippen LogP contribution < -0.4 is 4.74 Å². The second kappa shape index (κ2) is 6.70. The van der Waals surface area contributed by atoms with Gasteiger partial charge in [-0.05, 0) is 39.3 Å². The van der Waals surface area contributed by atoms with E-state index in [2.05, 4.69) is 10.1 Å². The van der Waals surface area contributed by atoms with E-state index in [9.17, 15) is 18.0 Å². The molecule has 0 bridgehead atoms. The van der Waals surface area contributed by atoms with Crippen LogP contribution >= 0.6 is 11.6 Å². The van der Waals surface area contributed by atoms with Gasteiger partial charge in [0.05, 0.1) is 11.5 Å². The van der Waals surface area contributed by atoms with Crippen LogP contribution in [-0.4, -0.2) is 38.6 Å². The van der Waals surface area contributed by atoms with Crippen molar-refractivity contribution in [1.82, 2.24) is 14.8 Å². The molecule has 3 rings (SSSR count). The largest absolute Gasteiger partial charge is 0.473 e. The molecular weight excluding hydrogens is 387 g/mol. The quantitative estimate of drug-likeness (QED) is 0.565. The van der Waals surface area contributed by atoms with Crippen molar-refractivity contribution in [2.45, 2.75) is 45.1 Å². The maximum Gasteiger partial charge on any atom is 0.395 e. The van der Waals surface area contributed by atoms with Gasteiger partial charge >= 0.3 is 12.1 Å². The Morgan fingerprint density at radius 1 is 1.26 bits per heavy atom. The molecule has 0 amide bonds. The molecule has 1 fully saturated rings. The molecule has 27 heavy (non-hydrogen) atoms. The number of carbonyl (C=O) groups is 1.